The van der Waals surface area contributed by atoms with E-state index in [1.54, 1.807) is 6.92 Å². The molecular formula is C19H26N4O2S. The van der Waals surface area contributed by atoms with Crippen molar-refractivity contribution in [2.75, 3.05) is 29.9 Å². The maximum Gasteiger partial charge on any atom is 0.226 e. The summed E-state index contributed by atoms with van der Waals surface area (Å²) in [4.78, 5) is 18.8. The lowest BCUT2D eigenvalue weighted by atomic mass is 10.1. The van der Waals surface area contributed by atoms with Gasteiger partial charge in [0.1, 0.15) is 0 Å². The van der Waals surface area contributed by atoms with Crippen molar-refractivity contribution in [2.45, 2.75) is 39.7 Å². The minimum absolute atomic E-state index is 0.0187. The second-order valence-electron chi connectivity index (χ2n) is 6.67. The highest BCUT2D eigenvalue weighted by atomic mass is 32.2. The van der Waals surface area contributed by atoms with Gasteiger partial charge in [0.05, 0.1) is 0 Å². The molecule has 1 amide bonds. The Labute approximate surface area is 158 Å². The first-order valence-electron chi connectivity index (χ1n) is 9.09. The Hall–Kier alpha value is -1.86. The van der Waals surface area contributed by atoms with Crippen molar-refractivity contribution in [2.24, 2.45) is 0 Å². The number of nitrogens with zero attached hydrogens (tertiary/aromatic N) is 3. The van der Waals surface area contributed by atoms with Gasteiger partial charge in [0, 0.05) is 49.7 Å². The van der Waals surface area contributed by atoms with E-state index in [4.69, 9.17) is 4.52 Å². The Kier molecular flexibility index (Phi) is 6.68. The van der Waals surface area contributed by atoms with Gasteiger partial charge in [0.25, 0.3) is 0 Å². The van der Waals surface area contributed by atoms with Crippen molar-refractivity contribution in [1.82, 2.24) is 15.0 Å². The van der Waals surface area contributed by atoms with Gasteiger partial charge in [-0.3, -0.25) is 9.69 Å². The van der Waals surface area contributed by atoms with Crippen LogP contribution in [0.25, 0.3) is 0 Å². The number of amides is 1. The maximum atomic E-state index is 12.2. The molecule has 0 unspecified atom stereocenters. The molecule has 2 heterocycles. The van der Waals surface area contributed by atoms with E-state index < -0.39 is 0 Å². The molecule has 0 bridgehead atoms. The smallest absolute Gasteiger partial charge is 0.226 e. The number of hydrogen-bond acceptors (Lipinski definition) is 6. The molecule has 0 spiro atoms. The average Bonchev–Trinajstić information content (AvgIpc) is 3.03. The van der Waals surface area contributed by atoms with E-state index in [0.29, 0.717) is 31.0 Å². The second kappa shape index (κ2) is 9.19. The molecule has 1 aromatic heterocycles. The summed E-state index contributed by atoms with van der Waals surface area (Å²) in [5.74, 6) is 3.67. The van der Waals surface area contributed by atoms with E-state index in [9.17, 15) is 4.79 Å². The molecule has 6 nitrogen and oxygen atoms in total. The van der Waals surface area contributed by atoms with Gasteiger partial charge in [-0.1, -0.05) is 17.3 Å². The highest BCUT2D eigenvalue weighted by molar-refractivity contribution is 7.99. The van der Waals surface area contributed by atoms with Gasteiger partial charge in [-0.25, -0.2) is 0 Å². The van der Waals surface area contributed by atoms with Crippen LogP contribution in [0.3, 0.4) is 0 Å². The monoisotopic (exact) mass is 374 g/mol. The summed E-state index contributed by atoms with van der Waals surface area (Å²) in [5, 5.41) is 6.76. The van der Waals surface area contributed by atoms with Crippen molar-refractivity contribution in [3.63, 3.8) is 0 Å². The zero-order valence-corrected chi connectivity index (χ0v) is 16.3. The summed E-state index contributed by atoms with van der Waals surface area (Å²) in [6.45, 7) is 7.13. The van der Waals surface area contributed by atoms with Crippen molar-refractivity contribution in [3.05, 3.63) is 41.0 Å². The predicted molar refractivity (Wildman–Crippen MR) is 104 cm³/mol. The minimum atomic E-state index is 0.0187. The molecule has 1 aromatic carbocycles. The van der Waals surface area contributed by atoms with Crippen molar-refractivity contribution < 1.29 is 9.32 Å². The number of aryl methyl sites for hydroxylation is 3. The molecule has 1 N–H and O–H groups in total. The van der Waals surface area contributed by atoms with Crippen LogP contribution < -0.4 is 5.32 Å². The molecule has 1 aliphatic rings. The molecule has 0 radical (unpaired) electrons. The van der Waals surface area contributed by atoms with Gasteiger partial charge in [0.15, 0.2) is 5.82 Å². The SMILES string of the molecule is Cc1noc(CCCC(=O)Nc2ccc(CN3CCSCC3)cc2C)n1. The summed E-state index contributed by atoms with van der Waals surface area (Å²) >= 11 is 2.03. The molecule has 0 aliphatic carbocycles. The molecule has 0 saturated carbocycles. The van der Waals surface area contributed by atoms with E-state index >= 15 is 0 Å². The van der Waals surface area contributed by atoms with Crippen molar-refractivity contribution in [1.29, 1.82) is 0 Å². The fraction of sp³-hybridized carbons (Fsp3) is 0.526. The first kappa shape index (κ1) is 18.9. The van der Waals surface area contributed by atoms with Gasteiger partial charge < -0.3 is 9.84 Å². The predicted octanol–water partition coefficient (Wildman–Crippen LogP) is 3.20. The van der Waals surface area contributed by atoms with E-state index in [-0.39, 0.29) is 5.91 Å². The molecule has 1 saturated heterocycles. The Morgan fingerprint density at radius 3 is 2.81 bits per heavy atom. The normalized spacial score (nSPS) is 15.2. The van der Waals surface area contributed by atoms with E-state index in [2.05, 4.69) is 32.5 Å². The van der Waals surface area contributed by atoms with Crippen molar-refractivity contribution >= 4 is 23.4 Å². The topological polar surface area (TPSA) is 71.3 Å². The molecule has 1 aliphatic heterocycles. The van der Waals surface area contributed by atoms with Crippen LogP contribution >= 0.6 is 11.8 Å². The average molecular weight is 375 g/mol. The molecule has 26 heavy (non-hydrogen) atoms. The molecule has 2 aromatic rings. The van der Waals surface area contributed by atoms with Crippen LogP contribution in [0.15, 0.2) is 22.7 Å². The lowest BCUT2D eigenvalue weighted by molar-refractivity contribution is -0.116. The lowest BCUT2D eigenvalue weighted by Gasteiger charge is -2.26. The number of rotatable bonds is 7. The summed E-state index contributed by atoms with van der Waals surface area (Å²) in [6, 6.07) is 6.31. The van der Waals surface area contributed by atoms with Crippen molar-refractivity contribution in [3.8, 4) is 0 Å². The number of carbonyl (C=O) groups excluding carboxylic acids is 1. The summed E-state index contributed by atoms with van der Waals surface area (Å²) < 4.78 is 5.06. The van der Waals surface area contributed by atoms with Crippen LogP contribution in [0, 0.1) is 13.8 Å². The van der Waals surface area contributed by atoms with E-state index in [1.807, 2.05) is 24.8 Å². The largest absolute Gasteiger partial charge is 0.339 e. The van der Waals surface area contributed by atoms with E-state index in [1.165, 1.54) is 17.1 Å². The van der Waals surface area contributed by atoms with Gasteiger partial charge in [0.2, 0.25) is 11.8 Å². The zero-order chi connectivity index (χ0) is 18.4. The molecule has 0 atom stereocenters. The lowest BCUT2D eigenvalue weighted by Crippen LogP contribution is -2.31. The van der Waals surface area contributed by atoms with Crippen LogP contribution in [0.1, 0.15) is 35.7 Å². The number of thioether (sulfide) groups is 1. The van der Waals surface area contributed by atoms with Gasteiger partial charge in [-0.2, -0.15) is 16.7 Å². The Balaban J connectivity index is 1.46. The number of carbonyl (C=O) groups is 1. The Bertz CT molecular complexity index is 741. The quantitative estimate of drug-likeness (QED) is 0.802. The Morgan fingerprint density at radius 2 is 2.12 bits per heavy atom. The number of hydrogen-bond donors (Lipinski definition) is 1. The van der Waals surface area contributed by atoms with Gasteiger partial charge >= 0.3 is 0 Å². The van der Waals surface area contributed by atoms with E-state index in [0.717, 1.165) is 30.9 Å². The zero-order valence-electron chi connectivity index (χ0n) is 15.5. The van der Waals surface area contributed by atoms with Crippen LogP contribution in [-0.4, -0.2) is 45.5 Å². The molecule has 1 fully saturated rings. The summed E-state index contributed by atoms with van der Waals surface area (Å²) in [5.41, 5.74) is 3.30. The summed E-state index contributed by atoms with van der Waals surface area (Å²) in [6.07, 6.45) is 1.76. The molecular weight excluding hydrogens is 348 g/mol. The van der Waals surface area contributed by atoms with Crippen LogP contribution in [0.2, 0.25) is 0 Å². The fourth-order valence-corrected chi connectivity index (χ4v) is 4.02. The first-order chi connectivity index (χ1) is 12.6. The van der Waals surface area contributed by atoms with Crippen LogP contribution in [0.5, 0.6) is 0 Å². The molecule has 7 heteroatoms. The number of aromatic nitrogens is 2. The summed E-state index contributed by atoms with van der Waals surface area (Å²) in [7, 11) is 0. The number of anilines is 1. The third kappa shape index (κ3) is 5.57. The highest BCUT2D eigenvalue weighted by Crippen LogP contribution is 2.19. The van der Waals surface area contributed by atoms with Crippen LogP contribution in [-0.2, 0) is 17.8 Å². The highest BCUT2D eigenvalue weighted by Gasteiger charge is 2.12. The Morgan fingerprint density at radius 1 is 1.31 bits per heavy atom. The first-order valence-corrected chi connectivity index (χ1v) is 10.2. The second-order valence-corrected chi connectivity index (χ2v) is 7.90. The third-order valence-corrected chi connectivity index (χ3v) is 5.38. The number of benzene rings is 1. The third-order valence-electron chi connectivity index (χ3n) is 4.44. The molecule has 3 rings (SSSR count). The molecule has 140 valence electrons. The standard InChI is InChI=1S/C19H26N4O2S/c1-14-12-16(13-23-8-10-26-11-9-23)6-7-17(14)21-18(24)4-3-5-19-20-15(2)22-25-19/h6-7,12H,3-5,8-11,13H2,1-2H3,(H,21,24). The van der Waals surface area contributed by atoms with Gasteiger partial charge in [-0.05, 0) is 37.5 Å². The number of nitrogens with one attached hydrogen (secondary N) is 1. The fourth-order valence-electron chi connectivity index (χ4n) is 3.04. The van der Waals surface area contributed by atoms with Gasteiger partial charge in [-0.15, -0.1) is 0 Å². The van der Waals surface area contributed by atoms with Crippen LogP contribution in [0.4, 0.5) is 5.69 Å². The minimum Gasteiger partial charge on any atom is -0.339 e. The maximum absolute atomic E-state index is 12.2.